The summed E-state index contributed by atoms with van der Waals surface area (Å²) in [5.41, 5.74) is -0.770. The maximum atomic E-state index is 13.9. The molecule has 0 aliphatic carbocycles. The molecule has 0 saturated heterocycles. The number of benzene rings is 1. The van der Waals surface area contributed by atoms with Gasteiger partial charge in [0.05, 0.1) is 44.4 Å². The number of hydrogen-bond donors (Lipinski definition) is 0. The summed E-state index contributed by atoms with van der Waals surface area (Å²) in [6.07, 6.45) is 0.505. The third-order valence-electron chi connectivity index (χ3n) is 4.77. The number of esters is 1. The summed E-state index contributed by atoms with van der Waals surface area (Å²) < 4.78 is 93.3. The smallest absolute Gasteiger partial charge is 0.312 e. The lowest BCUT2D eigenvalue weighted by molar-refractivity contribution is -0.134. The zero-order valence-electron chi connectivity index (χ0n) is 20.7. The van der Waals surface area contributed by atoms with Gasteiger partial charge in [0.25, 0.3) is 0 Å². The lowest BCUT2D eigenvalue weighted by Crippen LogP contribution is -2.15. The molecule has 36 heavy (non-hydrogen) atoms. The van der Waals surface area contributed by atoms with Crippen LogP contribution in [-0.4, -0.2) is 75.3 Å². The van der Waals surface area contributed by atoms with Crippen molar-refractivity contribution in [3.8, 4) is 5.75 Å². The van der Waals surface area contributed by atoms with Crippen molar-refractivity contribution in [3.63, 3.8) is 0 Å². The summed E-state index contributed by atoms with van der Waals surface area (Å²) in [6, 6.07) is 0. The Balaban J connectivity index is 2.02. The number of thioether (sulfide) groups is 2. The van der Waals surface area contributed by atoms with Gasteiger partial charge < -0.3 is 14.2 Å². The second-order valence-electron chi connectivity index (χ2n) is 8.22. The van der Waals surface area contributed by atoms with Gasteiger partial charge in [-0.05, 0) is 19.3 Å². The van der Waals surface area contributed by atoms with Gasteiger partial charge in [-0.15, -0.1) is 0 Å². The van der Waals surface area contributed by atoms with Gasteiger partial charge in [0.1, 0.15) is 0 Å². The molecule has 208 valence electrons. The zero-order valence-corrected chi connectivity index (χ0v) is 23.2. The van der Waals surface area contributed by atoms with Crippen LogP contribution in [0.4, 0.5) is 17.6 Å². The minimum atomic E-state index is -2.98. The lowest BCUT2D eigenvalue weighted by Gasteiger charge is -2.10. The Bertz CT molecular complexity index is 900. The predicted octanol–water partition coefficient (Wildman–Crippen LogP) is 4.81. The van der Waals surface area contributed by atoms with E-state index in [9.17, 15) is 30.8 Å². The van der Waals surface area contributed by atoms with Crippen LogP contribution in [-0.2, 0) is 24.1 Å². The predicted molar refractivity (Wildman–Crippen MR) is 136 cm³/mol. The van der Waals surface area contributed by atoms with E-state index in [0.717, 1.165) is 6.92 Å². The molecule has 1 aromatic carbocycles. The van der Waals surface area contributed by atoms with Crippen LogP contribution in [0.3, 0.4) is 0 Å². The SMILES string of the molecule is Cc1c(F)c(F)c(F)c(OC(=O)CCSCCOCCOCCSCCS(=O)(=O)CCC(C)C)c1F. The summed E-state index contributed by atoms with van der Waals surface area (Å²) in [5.74, 6) is -6.21. The summed E-state index contributed by atoms with van der Waals surface area (Å²) in [5, 5.41) is 0. The standard InChI is InChI=1S/C23H34F4O6S3/c1-16(2)5-14-36(29,30)15-13-35-12-9-32-7-6-31-8-11-34-10-4-18(28)33-23-20(25)17(3)19(24)21(26)22(23)27/h16H,4-15H2,1-3H3. The summed E-state index contributed by atoms with van der Waals surface area (Å²) in [4.78, 5) is 11.8. The molecule has 0 saturated carbocycles. The molecule has 0 bridgehead atoms. The molecule has 0 heterocycles. The Hall–Kier alpha value is -1.02. The van der Waals surface area contributed by atoms with E-state index in [4.69, 9.17) is 9.47 Å². The average Bonchev–Trinajstić information content (AvgIpc) is 2.83. The van der Waals surface area contributed by atoms with Crippen molar-refractivity contribution in [2.45, 2.75) is 33.6 Å². The van der Waals surface area contributed by atoms with Crippen LogP contribution in [0.15, 0.2) is 0 Å². The van der Waals surface area contributed by atoms with Crippen LogP contribution in [0.25, 0.3) is 0 Å². The van der Waals surface area contributed by atoms with Crippen molar-refractivity contribution in [2.75, 3.05) is 60.9 Å². The highest BCUT2D eigenvalue weighted by Gasteiger charge is 2.26. The fourth-order valence-corrected chi connectivity index (χ4v) is 6.31. The zero-order chi connectivity index (χ0) is 27.1. The van der Waals surface area contributed by atoms with E-state index >= 15 is 0 Å². The minimum Gasteiger partial charge on any atom is -0.420 e. The van der Waals surface area contributed by atoms with E-state index in [1.165, 1.54) is 23.5 Å². The number of sulfone groups is 1. The van der Waals surface area contributed by atoms with Crippen LogP contribution in [0.1, 0.15) is 32.3 Å². The Morgan fingerprint density at radius 3 is 1.97 bits per heavy atom. The molecule has 0 aliphatic heterocycles. The molecule has 6 nitrogen and oxygen atoms in total. The third-order valence-corrected chi connectivity index (χ3v) is 8.61. The molecule has 0 fully saturated rings. The number of ether oxygens (including phenoxy) is 3. The van der Waals surface area contributed by atoms with Crippen molar-refractivity contribution in [3.05, 3.63) is 28.8 Å². The molecule has 0 unspecified atom stereocenters. The largest absolute Gasteiger partial charge is 0.420 e. The molecule has 0 spiro atoms. The molecular formula is C23H34F4O6S3. The summed E-state index contributed by atoms with van der Waals surface area (Å²) >= 11 is 2.89. The fourth-order valence-electron chi connectivity index (χ4n) is 2.60. The van der Waals surface area contributed by atoms with Gasteiger partial charge >= 0.3 is 5.97 Å². The van der Waals surface area contributed by atoms with E-state index in [1.54, 1.807) is 0 Å². The third kappa shape index (κ3) is 13.0. The van der Waals surface area contributed by atoms with Crippen LogP contribution >= 0.6 is 23.5 Å². The molecule has 0 atom stereocenters. The van der Waals surface area contributed by atoms with Crippen molar-refractivity contribution in [1.29, 1.82) is 0 Å². The normalized spacial score (nSPS) is 11.9. The first kappa shape index (κ1) is 33.0. The number of rotatable bonds is 19. The Kier molecular flexibility index (Phi) is 16.0. The van der Waals surface area contributed by atoms with Gasteiger partial charge in [-0.25, -0.2) is 21.6 Å². The van der Waals surface area contributed by atoms with E-state index in [2.05, 4.69) is 4.74 Å². The molecule has 0 aromatic heterocycles. The van der Waals surface area contributed by atoms with Crippen molar-refractivity contribution in [2.24, 2.45) is 5.92 Å². The number of carbonyl (C=O) groups excluding carboxylic acids is 1. The molecular weight excluding hydrogens is 544 g/mol. The van der Waals surface area contributed by atoms with Crippen LogP contribution < -0.4 is 4.74 Å². The number of carbonyl (C=O) groups is 1. The Morgan fingerprint density at radius 2 is 1.39 bits per heavy atom. The molecule has 0 amide bonds. The quantitative estimate of drug-likeness (QED) is 0.0578. The highest BCUT2D eigenvalue weighted by molar-refractivity contribution is 8.00. The lowest BCUT2D eigenvalue weighted by atomic mass is 10.2. The maximum Gasteiger partial charge on any atom is 0.312 e. The van der Waals surface area contributed by atoms with Crippen LogP contribution in [0, 0.1) is 36.1 Å². The first-order chi connectivity index (χ1) is 17.0. The molecule has 0 aliphatic rings. The van der Waals surface area contributed by atoms with E-state index in [0.29, 0.717) is 56.0 Å². The minimum absolute atomic E-state index is 0.179. The van der Waals surface area contributed by atoms with Crippen molar-refractivity contribution < 1.29 is 45.0 Å². The Morgan fingerprint density at radius 1 is 0.806 bits per heavy atom. The number of halogens is 4. The van der Waals surface area contributed by atoms with Gasteiger partial charge in [-0.1, -0.05) is 13.8 Å². The highest BCUT2D eigenvalue weighted by atomic mass is 32.2. The molecule has 0 radical (unpaired) electrons. The van der Waals surface area contributed by atoms with E-state index in [1.807, 2.05) is 13.8 Å². The van der Waals surface area contributed by atoms with Crippen LogP contribution in [0.2, 0.25) is 0 Å². The molecule has 1 aromatic rings. The van der Waals surface area contributed by atoms with Gasteiger partial charge in [-0.3, -0.25) is 4.79 Å². The maximum absolute atomic E-state index is 13.9. The van der Waals surface area contributed by atoms with Crippen molar-refractivity contribution >= 4 is 39.3 Å². The Labute approximate surface area is 219 Å². The highest BCUT2D eigenvalue weighted by Crippen LogP contribution is 2.30. The first-order valence-corrected chi connectivity index (χ1v) is 15.6. The molecule has 1 rings (SSSR count). The van der Waals surface area contributed by atoms with Gasteiger partial charge in [-0.2, -0.15) is 27.9 Å². The average molecular weight is 579 g/mol. The van der Waals surface area contributed by atoms with Gasteiger partial charge in [0.2, 0.25) is 11.6 Å². The van der Waals surface area contributed by atoms with E-state index < -0.39 is 50.4 Å². The van der Waals surface area contributed by atoms with Crippen molar-refractivity contribution in [1.82, 2.24) is 0 Å². The first-order valence-electron chi connectivity index (χ1n) is 11.5. The molecule has 0 N–H and O–H groups in total. The topological polar surface area (TPSA) is 78.9 Å². The second kappa shape index (κ2) is 17.5. The summed E-state index contributed by atoms with van der Waals surface area (Å²) in [7, 11) is -2.98. The van der Waals surface area contributed by atoms with E-state index in [-0.39, 0.29) is 23.7 Å². The second-order valence-corrected chi connectivity index (χ2v) is 13.0. The fraction of sp³-hybridized carbons (Fsp3) is 0.696. The summed E-state index contributed by atoms with van der Waals surface area (Å²) in [6.45, 7) is 6.59. The van der Waals surface area contributed by atoms with Crippen LogP contribution in [0.5, 0.6) is 5.75 Å². The molecule has 13 heteroatoms. The van der Waals surface area contributed by atoms with Gasteiger partial charge in [0, 0.05) is 28.6 Å². The monoisotopic (exact) mass is 578 g/mol. The number of hydrogen-bond acceptors (Lipinski definition) is 8. The van der Waals surface area contributed by atoms with Gasteiger partial charge in [0.15, 0.2) is 27.3 Å².